The number of hydrogen-bond acceptors (Lipinski definition) is 2. The first-order valence-corrected chi connectivity index (χ1v) is 8.55. The van der Waals surface area contributed by atoms with Crippen LogP contribution in [-0.2, 0) is 6.42 Å². The van der Waals surface area contributed by atoms with Crippen molar-refractivity contribution in [1.29, 1.82) is 0 Å². The SMILES string of the molecule is Clc1ccc2c(c1Cl)OC(C(Cl)(Cl)Sc1ccccc1)C2. The first kappa shape index (κ1) is 15.6. The third-order valence-electron chi connectivity index (χ3n) is 3.17. The molecular weight excluding hydrogens is 370 g/mol. The van der Waals surface area contributed by atoms with Gasteiger partial charge in [-0.25, -0.2) is 0 Å². The summed E-state index contributed by atoms with van der Waals surface area (Å²) in [6.45, 7) is 0. The molecule has 0 saturated carbocycles. The minimum atomic E-state index is -1.11. The Kier molecular flexibility index (Phi) is 4.54. The van der Waals surface area contributed by atoms with Gasteiger partial charge in [-0.15, -0.1) is 0 Å². The van der Waals surface area contributed by atoms with Crippen LogP contribution in [0.3, 0.4) is 0 Å². The fraction of sp³-hybridized carbons (Fsp3) is 0.200. The summed E-state index contributed by atoms with van der Waals surface area (Å²) < 4.78 is 4.74. The molecule has 1 heterocycles. The van der Waals surface area contributed by atoms with E-state index in [0.29, 0.717) is 22.2 Å². The van der Waals surface area contributed by atoms with E-state index in [9.17, 15) is 0 Å². The average molecular weight is 380 g/mol. The lowest BCUT2D eigenvalue weighted by molar-refractivity contribution is 0.239. The number of hydrogen-bond donors (Lipinski definition) is 0. The summed E-state index contributed by atoms with van der Waals surface area (Å²) in [6, 6.07) is 13.4. The molecule has 0 amide bonds. The Balaban J connectivity index is 1.81. The van der Waals surface area contributed by atoms with Crippen LogP contribution in [0.25, 0.3) is 0 Å². The van der Waals surface area contributed by atoms with Crippen LogP contribution in [-0.4, -0.2) is 9.77 Å². The number of thioether (sulfide) groups is 1. The molecule has 1 atom stereocenters. The van der Waals surface area contributed by atoms with Crippen molar-refractivity contribution in [1.82, 2.24) is 0 Å². The molecule has 0 N–H and O–H groups in total. The van der Waals surface area contributed by atoms with Crippen molar-refractivity contribution in [2.45, 2.75) is 21.1 Å². The zero-order valence-electron chi connectivity index (χ0n) is 10.7. The second kappa shape index (κ2) is 6.10. The molecule has 6 heteroatoms. The molecule has 0 aliphatic carbocycles. The van der Waals surface area contributed by atoms with Gasteiger partial charge in [-0.05, 0) is 23.8 Å². The smallest absolute Gasteiger partial charge is 0.204 e. The van der Waals surface area contributed by atoms with Gasteiger partial charge in [0.15, 0.2) is 0 Å². The van der Waals surface area contributed by atoms with Crippen LogP contribution >= 0.6 is 58.2 Å². The lowest BCUT2D eigenvalue weighted by Gasteiger charge is -2.25. The lowest BCUT2D eigenvalue weighted by atomic mass is 10.1. The van der Waals surface area contributed by atoms with Crippen molar-refractivity contribution >= 4 is 58.2 Å². The Labute approximate surface area is 147 Å². The van der Waals surface area contributed by atoms with Crippen molar-refractivity contribution in [3.63, 3.8) is 0 Å². The molecule has 1 unspecified atom stereocenters. The van der Waals surface area contributed by atoms with E-state index in [0.717, 1.165) is 10.5 Å². The molecule has 0 aromatic heterocycles. The predicted octanol–water partition coefficient (Wildman–Crippen LogP) is 6.22. The number of halogens is 4. The quantitative estimate of drug-likeness (QED) is 0.462. The maximum Gasteiger partial charge on any atom is 0.204 e. The molecule has 1 nitrogen and oxygen atoms in total. The summed E-state index contributed by atoms with van der Waals surface area (Å²) in [5.74, 6) is 0.577. The molecule has 0 radical (unpaired) electrons. The van der Waals surface area contributed by atoms with Crippen molar-refractivity contribution in [3.05, 3.63) is 58.1 Å². The molecule has 0 saturated heterocycles. The molecule has 1 aliphatic rings. The molecule has 1 aliphatic heterocycles. The van der Waals surface area contributed by atoms with Crippen LogP contribution < -0.4 is 4.74 Å². The largest absolute Gasteiger partial charge is 0.484 e. The molecule has 0 spiro atoms. The highest BCUT2D eigenvalue weighted by molar-refractivity contribution is 8.03. The van der Waals surface area contributed by atoms with Crippen LogP contribution in [0.2, 0.25) is 10.0 Å². The van der Waals surface area contributed by atoms with E-state index in [1.54, 1.807) is 6.07 Å². The van der Waals surface area contributed by atoms with Crippen LogP contribution in [0.1, 0.15) is 5.56 Å². The average Bonchev–Trinajstić information content (AvgIpc) is 2.89. The van der Waals surface area contributed by atoms with Gasteiger partial charge in [0.2, 0.25) is 3.67 Å². The fourth-order valence-electron chi connectivity index (χ4n) is 2.14. The normalized spacial score (nSPS) is 17.4. The molecule has 2 aromatic rings. The lowest BCUT2D eigenvalue weighted by Crippen LogP contribution is -2.32. The van der Waals surface area contributed by atoms with Gasteiger partial charge < -0.3 is 4.74 Å². The summed E-state index contributed by atoms with van der Waals surface area (Å²) in [7, 11) is 0. The number of benzene rings is 2. The number of alkyl halides is 2. The first-order chi connectivity index (χ1) is 9.97. The Bertz CT molecular complexity index is 660. The van der Waals surface area contributed by atoms with E-state index in [2.05, 4.69) is 0 Å². The summed E-state index contributed by atoms with van der Waals surface area (Å²) >= 11 is 26.5. The Morgan fingerprint density at radius 2 is 1.76 bits per heavy atom. The summed E-state index contributed by atoms with van der Waals surface area (Å²) in [6.07, 6.45) is 0.205. The van der Waals surface area contributed by atoms with Gasteiger partial charge in [-0.1, -0.05) is 82.4 Å². The molecule has 2 aromatic carbocycles. The maximum absolute atomic E-state index is 6.49. The maximum atomic E-state index is 6.49. The topological polar surface area (TPSA) is 9.23 Å². The number of rotatable bonds is 3. The van der Waals surface area contributed by atoms with Crippen molar-refractivity contribution < 1.29 is 4.74 Å². The van der Waals surface area contributed by atoms with E-state index in [1.165, 1.54) is 11.8 Å². The van der Waals surface area contributed by atoms with Crippen LogP contribution in [0.15, 0.2) is 47.4 Å². The Morgan fingerprint density at radius 3 is 2.48 bits per heavy atom. The fourth-order valence-corrected chi connectivity index (χ4v) is 4.17. The van der Waals surface area contributed by atoms with Gasteiger partial charge in [0.25, 0.3) is 0 Å². The molecule has 0 bridgehead atoms. The summed E-state index contributed by atoms with van der Waals surface area (Å²) in [5.41, 5.74) is 0.966. The zero-order valence-corrected chi connectivity index (χ0v) is 14.5. The Hall–Kier alpha value is -0.250. The van der Waals surface area contributed by atoms with Crippen molar-refractivity contribution in [2.24, 2.45) is 0 Å². The van der Waals surface area contributed by atoms with E-state index in [1.807, 2.05) is 36.4 Å². The standard InChI is InChI=1S/C15H10Cl4OS/c16-11-7-6-9-8-12(20-14(9)13(11)17)15(18,19)21-10-4-2-1-3-5-10/h1-7,12H,8H2. The Morgan fingerprint density at radius 1 is 1.05 bits per heavy atom. The van der Waals surface area contributed by atoms with E-state index >= 15 is 0 Å². The van der Waals surface area contributed by atoms with Gasteiger partial charge in [0, 0.05) is 11.3 Å². The van der Waals surface area contributed by atoms with Gasteiger partial charge >= 0.3 is 0 Å². The molecule has 3 rings (SSSR count). The second-order valence-electron chi connectivity index (χ2n) is 4.64. The molecule has 110 valence electrons. The van der Waals surface area contributed by atoms with Crippen molar-refractivity contribution in [2.75, 3.05) is 0 Å². The van der Waals surface area contributed by atoms with Crippen LogP contribution in [0.5, 0.6) is 5.75 Å². The highest BCUT2D eigenvalue weighted by Gasteiger charge is 2.42. The second-order valence-corrected chi connectivity index (χ2v) is 8.58. The highest BCUT2D eigenvalue weighted by Crippen LogP contribution is 2.50. The minimum Gasteiger partial charge on any atom is -0.484 e. The third-order valence-corrected chi connectivity index (χ3v) is 5.95. The first-order valence-electron chi connectivity index (χ1n) is 6.23. The van der Waals surface area contributed by atoms with Gasteiger partial charge in [0.05, 0.1) is 5.02 Å². The van der Waals surface area contributed by atoms with Crippen LogP contribution in [0.4, 0.5) is 0 Å². The number of ether oxygens (including phenoxy) is 1. The third kappa shape index (κ3) is 3.25. The number of fused-ring (bicyclic) bond motifs is 1. The van der Waals surface area contributed by atoms with Gasteiger partial charge in [0.1, 0.15) is 16.9 Å². The molecule has 21 heavy (non-hydrogen) atoms. The van der Waals surface area contributed by atoms with E-state index in [4.69, 9.17) is 51.1 Å². The zero-order chi connectivity index (χ0) is 15.0. The van der Waals surface area contributed by atoms with Gasteiger partial charge in [-0.2, -0.15) is 0 Å². The highest BCUT2D eigenvalue weighted by atomic mass is 35.5. The monoisotopic (exact) mass is 378 g/mol. The van der Waals surface area contributed by atoms with Crippen LogP contribution in [0, 0.1) is 0 Å². The molecule has 0 fully saturated rings. The van der Waals surface area contributed by atoms with Gasteiger partial charge in [-0.3, -0.25) is 0 Å². The summed E-state index contributed by atoms with van der Waals surface area (Å²) in [4.78, 5) is 0.978. The predicted molar refractivity (Wildman–Crippen MR) is 91.3 cm³/mol. The van der Waals surface area contributed by atoms with Crippen molar-refractivity contribution in [3.8, 4) is 5.75 Å². The molecular formula is C15H10Cl4OS. The minimum absolute atomic E-state index is 0.392. The van der Waals surface area contributed by atoms with E-state index in [-0.39, 0.29) is 0 Å². The summed E-state index contributed by atoms with van der Waals surface area (Å²) in [5, 5.41) is 0.868. The van der Waals surface area contributed by atoms with E-state index < -0.39 is 9.77 Å².